The number of methoxy groups -OCH3 is 2. The standard InChI is InChI=1S/C23H31N3O5S/c1-24(2)32(28,29)19-10-11-21(30-3)18(17-19)9-12-23(27)26-15-13-25(14-16-26)20-7-5-6-8-22(20)31-4/h5-8,10-11,17H,9,12-16H2,1-4H3. The zero-order valence-electron chi connectivity index (χ0n) is 19.1. The molecule has 3 rings (SSSR count). The third-order valence-corrected chi connectivity index (χ3v) is 7.51. The molecule has 0 atom stereocenters. The third-order valence-electron chi connectivity index (χ3n) is 5.70. The normalized spacial score (nSPS) is 14.5. The van der Waals surface area contributed by atoms with Crippen LogP contribution in [0, 0.1) is 0 Å². The van der Waals surface area contributed by atoms with Crippen molar-refractivity contribution >= 4 is 21.6 Å². The maximum atomic E-state index is 12.8. The van der Waals surface area contributed by atoms with E-state index in [1.165, 1.54) is 31.6 Å². The second-order valence-electron chi connectivity index (χ2n) is 7.80. The van der Waals surface area contributed by atoms with Crippen LogP contribution in [0.5, 0.6) is 11.5 Å². The predicted molar refractivity (Wildman–Crippen MR) is 124 cm³/mol. The lowest BCUT2D eigenvalue weighted by molar-refractivity contribution is -0.131. The van der Waals surface area contributed by atoms with Gasteiger partial charge in [0.05, 0.1) is 24.8 Å². The van der Waals surface area contributed by atoms with Crippen molar-refractivity contribution in [2.24, 2.45) is 0 Å². The molecule has 1 aliphatic rings. The highest BCUT2D eigenvalue weighted by Crippen LogP contribution is 2.29. The number of carbonyl (C=O) groups is 1. The van der Waals surface area contributed by atoms with E-state index < -0.39 is 10.0 Å². The lowest BCUT2D eigenvalue weighted by Gasteiger charge is -2.36. The Kier molecular flexibility index (Phi) is 7.63. The van der Waals surface area contributed by atoms with Crippen molar-refractivity contribution in [3.8, 4) is 11.5 Å². The van der Waals surface area contributed by atoms with Crippen molar-refractivity contribution in [1.82, 2.24) is 9.21 Å². The van der Waals surface area contributed by atoms with Gasteiger partial charge in [0.15, 0.2) is 0 Å². The van der Waals surface area contributed by atoms with Gasteiger partial charge in [-0.3, -0.25) is 4.79 Å². The van der Waals surface area contributed by atoms with Crippen molar-refractivity contribution in [3.05, 3.63) is 48.0 Å². The summed E-state index contributed by atoms with van der Waals surface area (Å²) in [6, 6.07) is 12.6. The zero-order chi connectivity index (χ0) is 23.3. The first-order chi connectivity index (χ1) is 15.3. The van der Waals surface area contributed by atoms with Crippen LogP contribution in [0.3, 0.4) is 0 Å². The summed E-state index contributed by atoms with van der Waals surface area (Å²) < 4.78 is 36.9. The van der Waals surface area contributed by atoms with Crippen molar-refractivity contribution in [2.45, 2.75) is 17.7 Å². The highest BCUT2D eigenvalue weighted by atomic mass is 32.2. The molecule has 8 nitrogen and oxygen atoms in total. The molecule has 32 heavy (non-hydrogen) atoms. The van der Waals surface area contributed by atoms with Gasteiger partial charge in [0, 0.05) is 46.7 Å². The second-order valence-corrected chi connectivity index (χ2v) is 9.95. The molecule has 0 aromatic heterocycles. The van der Waals surface area contributed by atoms with E-state index in [0.717, 1.165) is 24.5 Å². The van der Waals surface area contributed by atoms with Crippen molar-refractivity contribution < 1.29 is 22.7 Å². The number of nitrogens with zero attached hydrogens (tertiary/aromatic N) is 3. The van der Waals surface area contributed by atoms with Gasteiger partial charge in [-0.25, -0.2) is 12.7 Å². The first-order valence-electron chi connectivity index (χ1n) is 10.5. The number of para-hydroxylation sites is 2. The van der Waals surface area contributed by atoms with Gasteiger partial charge in [0.25, 0.3) is 0 Å². The average molecular weight is 462 g/mol. The summed E-state index contributed by atoms with van der Waals surface area (Å²) in [6.07, 6.45) is 0.696. The van der Waals surface area contributed by atoms with Crippen LogP contribution in [0.25, 0.3) is 0 Å². The van der Waals surface area contributed by atoms with Crippen molar-refractivity contribution in [3.63, 3.8) is 0 Å². The highest BCUT2D eigenvalue weighted by molar-refractivity contribution is 7.89. The van der Waals surface area contributed by atoms with E-state index in [2.05, 4.69) is 4.90 Å². The maximum Gasteiger partial charge on any atom is 0.242 e. The van der Waals surface area contributed by atoms with Gasteiger partial charge < -0.3 is 19.3 Å². The minimum atomic E-state index is -3.56. The number of aryl methyl sites for hydroxylation is 1. The first-order valence-corrected chi connectivity index (χ1v) is 12.0. The molecule has 1 fully saturated rings. The average Bonchev–Trinajstić information content (AvgIpc) is 2.82. The van der Waals surface area contributed by atoms with E-state index >= 15 is 0 Å². The number of rotatable bonds is 8. The van der Waals surface area contributed by atoms with E-state index in [0.29, 0.717) is 30.8 Å². The van der Waals surface area contributed by atoms with Gasteiger partial charge in [-0.05, 0) is 42.3 Å². The molecule has 0 radical (unpaired) electrons. The van der Waals surface area contributed by atoms with E-state index in [9.17, 15) is 13.2 Å². The smallest absolute Gasteiger partial charge is 0.242 e. The van der Waals surface area contributed by atoms with Crippen molar-refractivity contribution in [1.29, 1.82) is 0 Å². The number of piperazine rings is 1. The molecule has 0 saturated carbocycles. The second kappa shape index (κ2) is 10.2. The topological polar surface area (TPSA) is 79.4 Å². The van der Waals surface area contributed by atoms with Crippen LogP contribution in [0.4, 0.5) is 5.69 Å². The Morgan fingerprint density at radius 1 is 0.969 bits per heavy atom. The minimum absolute atomic E-state index is 0.0487. The summed E-state index contributed by atoms with van der Waals surface area (Å²) in [5, 5.41) is 0. The largest absolute Gasteiger partial charge is 0.496 e. The third kappa shape index (κ3) is 5.16. The Morgan fingerprint density at radius 3 is 2.25 bits per heavy atom. The monoisotopic (exact) mass is 461 g/mol. The van der Waals surface area contributed by atoms with Crippen LogP contribution in [-0.2, 0) is 21.2 Å². The maximum absolute atomic E-state index is 12.8. The lowest BCUT2D eigenvalue weighted by Crippen LogP contribution is -2.48. The highest BCUT2D eigenvalue weighted by Gasteiger charge is 2.24. The summed E-state index contributed by atoms with van der Waals surface area (Å²) in [5.74, 6) is 1.45. The molecule has 0 bridgehead atoms. The lowest BCUT2D eigenvalue weighted by atomic mass is 10.1. The fourth-order valence-corrected chi connectivity index (χ4v) is 4.76. The van der Waals surface area contributed by atoms with Gasteiger partial charge >= 0.3 is 0 Å². The summed E-state index contributed by atoms with van der Waals surface area (Å²) in [4.78, 5) is 17.1. The number of anilines is 1. The molecule has 0 unspecified atom stereocenters. The Balaban J connectivity index is 1.63. The molecule has 174 valence electrons. The molecule has 1 aliphatic heterocycles. The molecule has 2 aromatic rings. The quantitative estimate of drug-likeness (QED) is 0.600. The van der Waals surface area contributed by atoms with Crippen LogP contribution >= 0.6 is 0 Å². The van der Waals surface area contributed by atoms with Crippen LogP contribution in [0.2, 0.25) is 0 Å². The van der Waals surface area contributed by atoms with Crippen LogP contribution in [-0.4, -0.2) is 78.0 Å². The summed E-state index contributed by atoms with van der Waals surface area (Å²) >= 11 is 0. The van der Waals surface area contributed by atoms with Crippen LogP contribution in [0.15, 0.2) is 47.4 Å². The summed E-state index contributed by atoms with van der Waals surface area (Å²) in [5.41, 5.74) is 1.74. The Hall–Kier alpha value is -2.78. The predicted octanol–water partition coefficient (Wildman–Crippen LogP) is 2.24. The summed E-state index contributed by atoms with van der Waals surface area (Å²) in [7, 11) is 2.63. The van der Waals surface area contributed by atoms with E-state index in [-0.39, 0.29) is 17.2 Å². The molecular weight excluding hydrogens is 430 g/mol. The molecule has 1 amide bonds. The van der Waals surface area contributed by atoms with Gasteiger partial charge in [-0.15, -0.1) is 0 Å². The van der Waals surface area contributed by atoms with Crippen LogP contribution < -0.4 is 14.4 Å². The Morgan fingerprint density at radius 2 is 1.62 bits per heavy atom. The molecule has 2 aromatic carbocycles. The number of sulfonamides is 1. The number of benzene rings is 2. The summed E-state index contributed by atoms with van der Waals surface area (Å²) in [6.45, 7) is 2.71. The molecule has 0 N–H and O–H groups in total. The fraction of sp³-hybridized carbons (Fsp3) is 0.435. The molecule has 9 heteroatoms. The number of ether oxygens (including phenoxy) is 2. The fourth-order valence-electron chi connectivity index (χ4n) is 3.81. The number of amides is 1. The minimum Gasteiger partial charge on any atom is -0.496 e. The Bertz CT molecular complexity index is 1050. The van der Waals surface area contributed by atoms with Gasteiger partial charge in [-0.1, -0.05) is 12.1 Å². The molecule has 1 heterocycles. The molecule has 1 saturated heterocycles. The number of hydrogen-bond donors (Lipinski definition) is 0. The number of carbonyl (C=O) groups excluding carboxylic acids is 1. The SMILES string of the molecule is COc1ccc(S(=O)(=O)N(C)C)cc1CCC(=O)N1CCN(c2ccccc2OC)CC1. The van der Waals surface area contributed by atoms with E-state index in [1.807, 2.05) is 29.2 Å². The molecule has 0 spiro atoms. The molecule has 0 aliphatic carbocycles. The van der Waals surface area contributed by atoms with Crippen molar-refractivity contribution in [2.75, 3.05) is 59.4 Å². The van der Waals surface area contributed by atoms with Gasteiger partial charge in [0.2, 0.25) is 15.9 Å². The number of hydrogen-bond acceptors (Lipinski definition) is 6. The van der Waals surface area contributed by atoms with Crippen LogP contribution in [0.1, 0.15) is 12.0 Å². The van der Waals surface area contributed by atoms with Gasteiger partial charge in [-0.2, -0.15) is 0 Å². The van der Waals surface area contributed by atoms with E-state index in [4.69, 9.17) is 9.47 Å². The van der Waals surface area contributed by atoms with E-state index in [1.54, 1.807) is 19.2 Å². The zero-order valence-corrected chi connectivity index (χ0v) is 19.9. The Labute approximate surface area is 190 Å². The van der Waals surface area contributed by atoms with Gasteiger partial charge in [0.1, 0.15) is 11.5 Å². The first kappa shape index (κ1) is 23.9. The molecular formula is C23H31N3O5S.